The average molecular weight is 761 g/mol. The number of benzene rings is 1. The summed E-state index contributed by atoms with van der Waals surface area (Å²) in [6.07, 6.45) is -0.0575. The third-order valence-corrected chi connectivity index (χ3v) is 27.0. The van der Waals surface area contributed by atoms with Gasteiger partial charge in [-0.3, -0.25) is 4.79 Å². The average Bonchev–Trinajstić information content (AvgIpc) is 3.11. The lowest BCUT2D eigenvalue weighted by Crippen LogP contribution is -2.55. The highest BCUT2D eigenvalue weighted by atomic mass is 32.9. The molecule has 0 saturated carbocycles. The molecule has 0 radical (unpaired) electrons. The lowest BCUT2D eigenvalue weighted by Gasteiger charge is -2.47. The van der Waals surface area contributed by atoms with Crippen LogP contribution in [-0.4, -0.2) is 75.9 Å². The van der Waals surface area contributed by atoms with Crippen LogP contribution in [0.3, 0.4) is 0 Å². The summed E-state index contributed by atoms with van der Waals surface area (Å²) in [6.45, 7) is 27.7. The Hall–Kier alpha value is -0.636. The first-order valence-electron chi connectivity index (χ1n) is 16.6. The summed E-state index contributed by atoms with van der Waals surface area (Å²) in [4.78, 5) is 30.1. The number of ether oxygens (including phenoxy) is 1. The Morgan fingerprint density at radius 1 is 1.06 bits per heavy atom. The standard InChI is InChI=1S/C33H57N2O6PS3Si2/c1-22(2)32(5,6)46(10,11)39-21-27-26(41-47(12,13)33(7,8)23(3)4)20-29(35-19-18-28(43)34-31(35)37)45-42(44,40-27)30(36)24-14-16-25(38-9)17-15-24/h14-17,22-23,26-27,29H,18-21H2,1-13H3,(H,34,37,43)/t26-,27+,29+,42?/m0/s1. The number of methoxy groups -OCH3 is 1. The minimum atomic E-state index is -3.33. The summed E-state index contributed by atoms with van der Waals surface area (Å²) in [5, 5.41) is 2.27. The molecule has 0 bridgehead atoms. The van der Waals surface area contributed by atoms with Gasteiger partial charge in [-0.2, -0.15) is 0 Å². The number of nitrogens with one attached hydrogen (secondary N) is 1. The van der Waals surface area contributed by atoms with Crippen LogP contribution in [0.1, 0.15) is 78.6 Å². The quantitative estimate of drug-likeness (QED) is 0.120. The fourth-order valence-electron chi connectivity index (χ4n) is 5.51. The van der Waals surface area contributed by atoms with Crippen LogP contribution in [0.25, 0.3) is 0 Å². The molecule has 3 rings (SSSR count). The highest BCUT2D eigenvalue weighted by Gasteiger charge is 2.52. The normalized spacial score (nSPS) is 25.2. The van der Waals surface area contributed by atoms with Gasteiger partial charge in [0.1, 0.15) is 11.9 Å². The molecule has 2 amide bonds. The zero-order chi connectivity index (χ0) is 35.8. The van der Waals surface area contributed by atoms with E-state index in [1.165, 1.54) is 11.4 Å². The fraction of sp³-hybridized carbons (Fsp3) is 0.727. The number of thiocarbonyl (C=S) groups is 1. The van der Waals surface area contributed by atoms with Crippen molar-refractivity contribution in [1.29, 1.82) is 0 Å². The minimum absolute atomic E-state index is 0.0254. The van der Waals surface area contributed by atoms with Gasteiger partial charge in [0, 0.05) is 24.9 Å². The molecule has 0 aromatic heterocycles. The zero-order valence-electron chi connectivity index (χ0n) is 30.6. The van der Waals surface area contributed by atoms with E-state index in [1.807, 2.05) is 0 Å². The molecule has 14 heteroatoms. The van der Waals surface area contributed by atoms with Gasteiger partial charge in [-0.25, -0.2) is 4.79 Å². The summed E-state index contributed by atoms with van der Waals surface area (Å²) in [5.41, 5.74) is -3.13. The molecule has 266 valence electrons. The Morgan fingerprint density at radius 2 is 1.62 bits per heavy atom. The number of carbonyl (C=O) groups is 2. The maximum Gasteiger partial charge on any atom is 0.323 e. The molecule has 8 nitrogen and oxygen atoms in total. The second-order valence-corrected chi connectivity index (χ2v) is 31.9. The minimum Gasteiger partial charge on any atom is -0.497 e. The van der Waals surface area contributed by atoms with Crippen molar-refractivity contribution in [3.63, 3.8) is 0 Å². The number of carbonyl (C=O) groups excluding carboxylic acids is 2. The highest BCUT2D eigenvalue weighted by molar-refractivity contribution is 8.74. The summed E-state index contributed by atoms with van der Waals surface area (Å²) in [6, 6.07) is 6.69. The second kappa shape index (κ2) is 15.3. The van der Waals surface area contributed by atoms with E-state index in [9.17, 15) is 9.59 Å². The highest BCUT2D eigenvalue weighted by Crippen LogP contribution is 2.67. The molecule has 2 saturated heterocycles. The summed E-state index contributed by atoms with van der Waals surface area (Å²) >= 11 is 13.0. The largest absolute Gasteiger partial charge is 0.497 e. The van der Waals surface area contributed by atoms with Crippen LogP contribution in [0.15, 0.2) is 24.3 Å². The van der Waals surface area contributed by atoms with Gasteiger partial charge in [0.05, 0.1) is 30.2 Å². The molecule has 1 unspecified atom stereocenters. The Morgan fingerprint density at radius 3 is 2.13 bits per heavy atom. The van der Waals surface area contributed by atoms with Gasteiger partial charge in [0.2, 0.25) is 5.52 Å². The van der Waals surface area contributed by atoms with E-state index in [0.29, 0.717) is 47.5 Å². The van der Waals surface area contributed by atoms with E-state index in [1.54, 1.807) is 36.3 Å². The van der Waals surface area contributed by atoms with Crippen molar-refractivity contribution < 1.29 is 27.7 Å². The van der Waals surface area contributed by atoms with Gasteiger partial charge in [0.15, 0.2) is 22.1 Å². The van der Waals surface area contributed by atoms with Crippen molar-refractivity contribution in [2.24, 2.45) is 11.8 Å². The van der Waals surface area contributed by atoms with E-state index in [-0.39, 0.29) is 28.2 Å². The molecule has 1 N–H and O–H groups in total. The predicted octanol–water partition coefficient (Wildman–Crippen LogP) is 9.42. The van der Waals surface area contributed by atoms with Crippen molar-refractivity contribution in [3.05, 3.63) is 29.8 Å². The molecular weight excluding hydrogens is 704 g/mol. The van der Waals surface area contributed by atoms with Gasteiger partial charge >= 0.3 is 6.03 Å². The molecule has 4 atom stereocenters. The van der Waals surface area contributed by atoms with Crippen LogP contribution in [0, 0.1) is 11.8 Å². The summed E-state index contributed by atoms with van der Waals surface area (Å²) in [5.74, 6) is 1.44. The Bertz CT molecular complexity index is 1360. The molecule has 47 heavy (non-hydrogen) atoms. The van der Waals surface area contributed by atoms with Gasteiger partial charge in [-0.05, 0) is 84.2 Å². The van der Waals surface area contributed by atoms with Crippen LogP contribution in [0.4, 0.5) is 4.79 Å². The predicted molar refractivity (Wildman–Crippen MR) is 208 cm³/mol. The topological polar surface area (TPSA) is 86.3 Å². The molecular formula is C33H57N2O6PS3Si2. The summed E-state index contributed by atoms with van der Waals surface area (Å²) in [7, 11) is -3.13. The van der Waals surface area contributed by atoms with Crippen molar-refractivity contribution in [2.75, 3.05) is 20.3 Å². The van der Waals surface area contributed by atoms with E-state index >= 15 is 0 Å². The van der Waals surface area contributed by atoms with Crippen molar-refractivity contribution in [1.82, 2.24) is 10.2 Å². The third-order valence-electron chi connectivity index (χ3n) is 11.4. The van der Waals surface area contributed by atoms with Gasteiger partial charge in [0.25, 0.3) is 0 Å². The fourth-order valence-corrected chi connectivity index (χ4v) is 17.1. The first kappa shape index (κ1) is 40.8. The molecule has 0 aliphatic carbocycles. The molecule has 2 aliphatic heterocycles. The SMILES string of the molecule is COc1ccc(C(=O)P2(=S)O[C@H](CO[Si](C)(C)C(C)(C)C(C)C)[C@@H](O[Si](C)(C)C(C)(C)C(C)C)C[C@H](N3CCC(=S)NC3=O)S2)cc1. The third kappa shape index (κ3) is 9.00. The molecule has 1 aromatic carbocycles. The smallest absolute Gasteiger partial charge is 0.323 e. The number of rotatable bonds is 13. The number of urea groups is 1. The Balaban J connectivity index is 2.15. The van der Waals surface area contributed by atoms with Crippen LogP contribution < -0.4 is 10.1 Å². The number of hydrogen-bond donors (Lipinski definition) is 1. The number of nitrogens with zero attached hydrogens (tertiary/aromatic N) is 1. The first-order chi connectivity index (χ1) is 21.5. The van der Waals surface area contributed by atoms with Gasteiger partial charge < -0.3 is 28.3 Å². The Kier molecular flexibility index (Phi) is 13.3. The lowest BCUT2D eigenvalue weighted by atomic mass is 9.99. The number of amides is 2. The Labute approximate surface area is 300 Å². The monoisotopic (exact) mass is 760 g/mol. The van der Waals surface area contributed by atoms with Crippen LogP contribution in [0.2, 0.25) is 36.3 Å². The van der Waals surface area contributed by atoms with Gasteiger partial charge in [-0.15, -0.1) is 0 Å². The lowest BCUT2D eigenvalue weighted by molar-refractivity contribution is 0.0102. The van der Waals surface area contributed by atoms with E-state index in [2.05, 4.69) is 86.9 Å². The van der Waals surface area contributed by atoms with Crippen molar-refractivity contribution in [3.8, 4) is 5.75 Å². The maximum absolute atomic E-state index is 14.4. The molecule has 1 aromatic rings. The summed E-state index contributed by atoms with van der Waals surface area (Å²) < 4.78 is 26.5. The van der Waals surface area contributed by atoms with E-state index in [4.69, 9.17) is 42.1 Å². The first-order valence-corrected chi connectivity index (χ1v) is 27.0. The van der Waals surface area contributed by atoms with E-state index in [0.717, 1.165) is 0 Å². The zero-order valence-corrected chi connectivity index (χ0v) is 35.9. The van der Waals surface area contributed by atoms with Crippen LogP contribution >= 0.6 is 29.1 Å². The molecule has 2 heterocycles. The molecule has 0 spiro atoms. The van der Waals surface area contributed by atoms with Gasteiger partial charge in [-0.1, -0.05) is 79.0 Å². The van der Waals surface area contributed by atoms with Crippen molar-refractivity contribution in [2.45, 2.75) is 122 Å². The number of hydrogen-bond acceptors (Lipinski definition) is 9. The van der Waals surface area contributed by atoms with Crippen molar-refractivity contribution >= 4 is 74.1 Å². The molecule has 2 fully saturated rings. The van der Waals surface area contributed by atoms with Crippen LogP contribution in [-0.2, 0) is 25.2 Å². The molecule has 2 aliphatic rings. The maximum atomic E-state index is 14.4. The van der Waals surface area contributed by atoms with Crippen LogP contribution in [0.5, 0.6) is 5.75 Å². The second-order valence-electron chi connectivity index (χ2n) is 15.5. The van der Waals surface area contributed by atoms with E-state index < -0.39 is 39.7 Å².